The quantitative estimate of drug-likeness (QED) is 0.938. The van der Waals surface area contributed by atoms with Gasteiger partial charge in [0, 0.05) is 18.7 Å². The van der Waals surface area contributed by atoms with E-state index in [0.717, 1.165) is 43.4 Å². The predicted octanol–water partition coefficient (Wildman–Crippen LogP) is 2.76. The highest BCUT2D eigenvalue weighted by Crippen LogP contribution is 2.24. The predicted molar refractivity (Wildman–Crippen MR) is 83.5 cm³/mol. The van der Waals surface area contributed by atoms with E-state index in [9.17, 15) is 0 Å². The minimum absolute atomic E-state index is 0.597. The van der Waals surface area contributed by atoms with E-state index < -0.39 is 0 Å². The molecule has 1 aliphatic heterocycles. The van der Waals surface area contributed by atoms with Gasteiger partial charge in [-0.15, -0.1) is 0 Å². The third-order valence-electron chi connectivity index (χ3n) is 4.46. The van der Waals surface area contributed by atoms with Gasteiger partial charge in [-0.2, -0.15) is 0 Å². The Morgan fingerprint density at radius 2 is 2.14 bits per heavy atom. The smallest absolute Gasteiger partial charge is 0.226 e. The van der Waals surface area contributed by atoms with Crippen molar-refractivity contribution >= 4 is 0 Å². The number of hydrogen-bond donors (Lipinski definition) is 1. The molecule has 0 amide bonds. The van der Waals surface area contributed by atoms with Crippen LogP contribution in [0.1, 0.15) is 19.0 Å². The Kier molecular flexibility index (Phi) is 4.36. The third-order valence-corrected chi connectivity index (χ3v) is 4.46. The molecule has 0 aliphatic carbocycles. The SMILES string of the molecule is CC1CCN(Cc2coc(-c3ccccc3)n2)CC1CN. The second kappa shape index (κ2) is 6.41. The molecule has 2 N–H and O–H groups in total. The second-order valence-electron chi connectivity index (χ2n) is 6.01. The molecule has 1 aromatic heterocycles. The second-order valence-corrected chi connectivity index (χ2v) is 6.01. The summed E-state index contributed by atoms with van der Waals surface area (Å²) < 4.78 is 5.60. The summed E-state index contributed by atoms with van der Waals surface area (Å²) in [4.78, 5) is 7.04. The minimum atomic E-state index is 0.597. The molecule has 2 aromatic rings. The number of benzene rings is 1. The molecule has 0 radical (unpaired) electrons. The van der Waals surface area contributed by atoms with E-state index in [-0.39, 0.29) is 0 Å². The van der Waals surface area contributed by atoms with Crippen LogP contribution in [0.3, 0.4) is 0 Å². The van der Waals surface area contributed by atoms with Gasteiger partial charge in [0.05, 0.1) is 5.69 Å². The van der Waals surface area contributed by atoms with E-state index in [1.807, 2.05) is 30.3 Å². The van der Waals surface area contributed by atoms with E-state index >= 15 is 0 Å². The molecule has 2 atom stereocenters. The lowest BCUT2D eigenvalue weighted by atomic mass is 9.87. The van der Waals surface area contributed by atoms with Crippen LogP contribution in [0.15, 0.2) is 41.0 Å². The zero-order valence-electron chi connectivity index (χ0n) is 12.5. The van der Waals surface area contributed by atoms with Crippen LogP contribution in [0.25, 0.3) is 11.5 Å². The number of aromatic nitrogens is 1. The number of nitrogens with zero attached hydrogens (tertiary/aromatic N) is 2. The first kappa shape index (κ1) is 14.3. The van der Waals surface area contributed by atoms with Gasteiger partial charge in [-0.1, -0.05) is 25.1 Å². The molecule has 0 saturated carbocycles. The largest absolute Gasteiger partial charge is 0.444 e. The van der Waals surface area contributed by atoms with Crippen molar-refractivity contribution in [1.29, 1.82) is 0 Å². The Morgan fingerprint density at radius 3 is 2.90 bits per heavy atom. The van der Waals surface area contributed by atoms with E-state index in [4.69, 9.17) is 10.2 Å². The van der Waals surface area contributed by atoms with Crippen molar-refractivity contribution in [2.24, 2.45) is 17.6 Å². The maximum Gasteiger partial charge on any atom is 0.226 e. The van der Waals surface area contributed by atoms with Crippen LogP contribution in [0, 0.1) is 11.8 Å². The van der Waals surface area contributed by atoms with Crippen LogP contribution >= 0.6 is 0 Å². The molecular weight excluding hydrogens is 262 g/mol. The summed E-state index contributed by atoms with van der Waals surface area (Å²) in [6.07, 6.45) is 2.99. The number of hydrogen-bond acceptors (Lipinski definition) is 4. The van der Waals surface area contributed by atoms with Crippen molar-refractivity contribution < 1.29 is 4.42 Å². The Bertz CT molecular complexity index is 566. The van der Waals surface area contributed by atoms with Gasteiger partial charge in [0.2, 0.25) is 5.89 Å². The standard InChI is InChI=1S/C17H23N3O/c1-13-7-8-20(10-15(13)9-18)11-16-12-21-17(19-16)14-5-3-2-4-6-14/h2-6,12-13,15H,7-11,18H2,1H3. The molecule has 1 aliphatic rings. The number of piperidine rings is 1. The summed E-state index contributed by atoms with van der Waals surface area (Å²) in [5.74, 6) is 2.02. The third kappa shape index (κ3) is 3.34. The molecule has 2 unspecified atom stereocenters. The van der Waals surface area contributed by atoms with Crippen LogP contribution in [0.2, 0.25) is 0 Å². The average Bonchev–Trinajstić information content (AvgIpc) is 2.98. The molecular formula is C17H23N3O. The summed E-state index contributed by atoms with van der Waals surface area (Å²) in [5, 5.41) is 0. The zero-order valence-corrected chi connectivity index (χ0v) is 12.5. The Hall–Kier alpha value is -1.65. The zero-order chi connectivity index (χ0) is 14.7. The number of oxazole rings is 1. The summed E-state index contributed by atoms with van der Waals surface area (Å²) in [7, 11) is 0. The van der Waals surface area contributed by atoms with E-state index in [1.54, 1.807) is 6.26 Å². The average molecular weight is 285 g/mol. The van der Waals surface area contributed by atoms with Crippen LogP contribution in [0.4, 0.5) is 0 Å². The summed E-state index contributed by atoms with van der Waals surface area (Å²) in [6.45, 7) is 6.10. The van der Waals surface area contributed by atoms with Gasteiger partial charge >= 0.3 is 0 Å². The first-order chi connectivity index (χ1) is 10.3. The molecule has 2 heterocycles. The monoisotopic (exact) mass is 285 g/mol. The Balaban J connectivity index is 1.65. The van der Waals surface area contributed by atoms with Crippen LogP contribution < -0.4 is 5.73 Å². The van der Waals surface area contributed by atoms with Gasteiger partial charge in [-0.25, -0.2) is 4.98 Å². The van der Waals surface area contributed by atoms with Crippen LogP contribution in [-0.2, 0) is 6.54 Å². The van der Waals surface area contributed by atoms with Gasteiger partial charge in [0.15, 0.2) is 0 Å². The number of likely N-dealkylation sites (tertiary alicyclic amines) is 1. The van der Waals surface area contributed by atoms with Crippen LogP contribution in [0.5, 0.6) is 0 Å². The Morgan fingerprint density at radius 1 is 1.33 bits per heavy atom. The van der Waals surface area contributed by atoms with Crippen molar-refractivity contribution in [3.63, 3.8) is 0 Å². The van der Waals surface area contributed by atoms with Gasteiger partial charge < -0.3 is 10.2 Å². The lowest BCUT2D eigenvalue weighted by Crippen LogP contribution is -2.42. The molecule has 1 saturated heterocycles. The topological polar surface area (TPSA) is 55.3 Å². The fourth-order valence-electron chi connectivity index (χ4n) is 3.00. The fraction of sp³-hybridized carbons (Fsp3) is 0.471. The van der Waals surface area contributed by atoms with Crippen molar-refractivity contribution in [2.75, 3.05) is 19.6 Å². The van der Waals surface area contributed by atoms with Crippen molar-refractivity contribution in [2.45, 2.75) is 19.9 Å². The lowest BCUT2D eigenvalue weighted by molar-refractivity contribution is 0.125. The maximum atomic E-state index is 5.87. The molecule has 1 aromatic carbocycles. The Labute approximate surface area is 126 Å². The molecule has 4 nitrogen and oxygen atoms in total. The highest BCUT2D eigenvalue weighted by molar-refractivity contribution is 5.52. The van der Waals surface area contributed by atoms with Gasteiger partial charge in [-0.05, 0) is 43.5 Å². The molecule has 3 rings (SSSR count). The van der Waals surface area contributed by atoms with Gasteiger partial charge in [-0.3, -0.25) is 4.90 Å². The first-order valence-electron chi connectivity index (χ1n) is 7.68. The number of rotatable bonds is 4. The maximum absolute atomic E-state index is 5.87. The molecule has 112 valence electrons. The normalized spacial score (nSPS) is 23.3. The summed E-state index contributed by atoms with van der Waals surface area (Å²) >= 11 is 0. The highest BCUT2D eigenvalue weighted by Gasteiger charge is 2.25. The van der Waals surface area contributed by atoms with E-state index in [1.165, 1.54) is 6.42 Å². The lowest BCUT2D eigenvalue weighted by Gasteiger charge is -2.36. The summed E-state index contributed by atoms with van der Waals surface area (Å²) in [6, 6.07) is 10.0. The molecule has 1 fully saturated rings. The fourth-order valence-corrected chi connectivity index (χ4v) is 3.00. The minimum Gasteiger partial charge on any atom is -0.444 e. The highest BCUT2D eigenvalue weighted by atomic mass is 16.3. The van der Waals surface area contributed by atoms with E-state index in [2.05, 4.69) is 16.8 Å². The van der Waals surface area contributed by atoms with Gasteiger partial charge in [0.25, 0.3) is 0 Å². The van der Waals surface area contributed by atoms with Crippen molar-refractivity contribution in [3.05, 3.63) is 42.3 Å². The van der Waals surface area contributed by atoms with Gasteiger partial charge in [0.1, 0.15) is 6.26 Å². The number of nitrogens with two attached hydrogens (primary N) is 1. The van der Waals surface area contributed by atoms with Crippen molar-refractivity contribution in [3.8, 4) is 11.5 Å². The van der Waals surface area contributed by atoms with E-state index in [0.29, 0.717) is 11.8 Å². The van der Waals surface area contributed by atoms with Crippen molar-refractivity contribution in [1.82, 2.24) is 9.88 Å². The van der Waals surface area contributed by atoms with Crippen LogP contribution in [-0.4, -0.2) is 29.5 Å². The summed E-state index contributed by atoms with van der Waals surface area (Å²) in [5.41, 5.74) is 7.89. The molecule has 0 bridgehead atoms. The molecule has 4 heteroatoms. The first-order valence-corrected chi connectivity index (χ1v) is 7.68. The molecule has 21 heavy (non-hydrogen) atoms. The molecule has 0 spiro atoms.